The van der Waals surface area contributed by atoms with Gasteiger partial charge in [0.15, 0.2) is 5.65 Å². The first kappa shape index (κ1) is 11.8. The van der Waals surface area contributed by atoms with E-state index in [1.54, 1.807) is 22.6 Å². The van der Waals surface area contributed by atoms with Crippen molar-refractivity contribution in [3.63, 3.8) is 0 Å². The molecule has 9 heteroatoms. The number of hydrogen-bond acceptors (Lipinski definition) is 7. The molecule has 0 amide bonds. The topological polar surface area (TPSA) is 69.4 Å². The Morgan fingerprint density at radius 2 is 2.33 bits per heavy atom. The van der Waals surface area contributed by atoms with Gasteiger partial charge in [-0.15, -0.1) is 5.10 Å². The van der Waals surface area contributed by atoms with Crippen molar-refractivity contribution in [2.45, 2.75) is 10.8 Å². The van der Waals surface area contributed by atoms with E-state index < -0.39 is 0 Å². The lowest BCUT2D eigenvalue weighted by molar-refractivity contribution is 0.784. The molecule has 0 radical (unpaired) electrons. The van der Waals surface area contributed by atoms with Gasteiger partial charge in [0.05, 0.1) is 11.6 Å². The summed E-state index contributed by atoms with van der Waals surface area (Å²) in [5.74, 6) is 0.635. The molecule has 6 nitrogen and oxygen atoms in total. The average molecular weight is 299 g/mol. The predicted octanol–water partition coefficient (Wildman–Crippen LogP) is 2.16. The largest absolute Gasteiger partial charge is 0.250 e. The van der Waals surface area contributed by atoms with Crippen LogP contribution in [0.25, 0.3) is 11.0 Å². The first-order valence-electron chi connectivity index (χ1n) is 4.98. The Bertz CT molecular complexity index is 693. The molecule has 3 aromatic heterocycles. The predicted molar refractivity (Wildman–Crippen MR) is 70.8 cm³/mol. The lowest BCUT2D eigenvalue weighted by Gasteiger charge is -2.00. The Morgan fingerprint density at radius 1 is 1.44 bits per heavy atom. The van der Waals surface area contributed by atoms with Gasteiger partial charge in [-0.3, -0.25) is 4.68 Å². The zero-order valence-electron chi connectivity index (χ0n) is 9.24. The molecule has 18 heavy (non-hydrogen) atoms. The van der Waals surface area contributed by atoms with Crippen molar-refractivity contribution >= 4 is 45.9 Å². The standard InChI is InChI=1S/C9H7ClN6S2/c1-16-8-5(2-13-16)9(12-4-11-8)17-3-6-7(10)18-15-14-6/h2,4H,3H2,1H3. The van der Waals surface area contributed by atoms with Crippen molar-refractivity contribution in [1.82, 2.24) is 29.3 Å². The second-order valence-corrected chi connectivity index (χ2v) is 5.79. The number of hydrogen-bond donors (Lipinski definition) is 0. The maximum atomic E-state index is 5.96. The summed E-state index contributed by atoms with van der Waals surface area (Å²) in [6.07, 6.45) is 3.30. The Morgan fingerprint density at radius 3 is 3.11 bits per heavy atom. The van der Waals surface area contributed by atoms with Gasteiger partial charge in [-0.2, -0.15) is 5.10 Å². The number of aromatic nitrogens is 6. The van der Waals surface area contributed by atoms with Gasteiger partial charge in [0.1, 0.15) is 21.4 Å². The minimum atomic E-state index is 0.624. The SMILES string of the molecule is Cn1ncc2c(SCc3nnsc3Cl)ncnc21. The van der Waals surface area contributed by atoms with Crippen molar-refractivity contribution in [3.8, 4) is 0 Å². The van der Waals surface area contributed by atoms with Crippen molar-refractivity contribution in [2.24, 2.45) is 7.05 Å². The van der Waals surface area contributed by atoms with E-state index in [2.05, 4.69) is 24.7 Å². The Labute approximate surface area is 116 Å². The highest BCUT2D eigenvalue weighted by Gasteiger charge is 2.11. The zero-order valence-corrected chi connectivity index (χ0v) is 11.6. The van der Waals surface area contributed by atoms with E-state index in [0.29, 0.717) is 10.1 Å². The quantitative estimate of drug-likeness (QED) is 0.545. The molecular formula is C9H7ClN6S2. The molecule has 0 unspecified atom stereocenters. The van der Waals surface area contributed by atoms with Crippen LogP contribution in [-0.4, -0.2) is 29.3 Å². The van der Waals surface area contributed by atoms with Crippen LogP contribution >= 0.6 is 34.9 Å². The van der Waals surface area contributed by atoms with Crippen LogP contribution in [0.4, 0.5) is 0 Å². The summed E-state index contributed by atoms with van der Waals surface area (Å²) in [5.41, 5.74) is 1.59. The van der Waals surface area contributed by atoms with Crippen molar-refractivity contribution in [2.75, 3.05) is 0 Å². The van der Waals surface area contributed by atoms with Gasteiger partial charge in [-0.1, -0.05) is 27.9 Å². The second-order valence-electron chi connectivity index (χ2n) is 3.47. The van der Waals surface area contributed by atoms with Crippen LogP contribution < -0.4 is 0 Å². The fourth-order valence-corrected chi connectivity index (χ4v) is 3.17. The summed E-state index contributed by atoms with van der Waals surface area (Å²) in [6.45, 7) is 0. The van der Waals surface area contributed by atoms with E-state index in [4.69, 9.17) is 11.6 Å². The second kappa shape index (κ2) is 4.79. The third-order valence-electron chi connectivity index (χ3n) is 2.35. The smallest absolute Gasteiger partial charge is 0.162 e. The van der Waals surface area contributed by atoms with Crippen LogP contribution in [0.2, 0.25) is 4.34 Å². The van der Waals surface area contributed by atoms with Crippen LogP contribution in [0.15, 0.2) is 17.6 Å². The van der Waals surface area contributed by atoms with E-state index in [-0.39, 0.29) is 0 Å². The molecular weight excluding hydrogens is 292 g/mol. The molecule has 0 atom stereocenters. The van der Waals surface area contributed by atoms with Gasteiger partial charge in [0, 0.05) is 24.3 Å². The molecule has 3 rings (SSSR count). The molecule has 0 aliphatic heterocycles. The molecule has 3 aromatic rings. The summed E-state index contributed by atoms with van der Waals surface area (Å²) in [5, 5.41) is 9.94. The molecule has 0 N–H and O–H groups in total. The van der Waals surface area contributed by atoms with Crippen LogP contribution in [0.3, 0.4) is 0 Å². The van der Waals surface area contributed by atoms with E-state index >= 15 is 0 Å². The minimum Gasteiger partial charge on any atom is -0.250 e. The van der Waals surface area contributed by atoms with Gasteiger partial charge < -0.3 is 0 Å². The molecule has 0 bridgehead atoms. The number of nitrogens with zero attached hydrogens (tertiary/aromatic N) is 6. The summed E-state index contributed by atoms with van der Waals surface area (Å²) >= 11 is 8.70. The molecule has 0 fully saturated rings. The van der Waals surface area contributed by atoms with E-state index in [1.807, 2.05) is 7.05 Å². The fourth-order valence-electron chi connectivity index (χ4n) is 1.48. The highest BCUT2D eigenvalue weighted by molar-refractivity contribution is 7.98. The first-order valence-corrected chi connectivity index (χ1v) is 7.11. The number of fused-ring (bicyclic) bond motifs is 1. The first-order chi connectivity index (χ1) is 8.75. The van der Waals surface area contributed by atoms with Crippen LogP contribution in [0.5, 0.6) is 0 Å². The summed E-state index contributed by atoms with van der Waals surface area (Å²) in [4.78, 5) is 8.45. The molecule has 0 spiro atoms. The normalized spacial score (nSPS) is 11.2. The number of halogens is 1. The van der Waals surface area contributed by atoms with Gasteiger partial charge >= 0.3 is 0 Å². The molecule has 0 saturated carbocycles. The average Bonchev–Trinajstić information content (AvgIpc) is 2.95. The van der Waals surface area contributed by atoms with Crippen LogP contribution in [0, 0.1) is 0 Å². The number of rotatable bonds is 3. The van der Waals surface area contributed by atoms with E-state index in [0.717, 1.165) is 21.8 Å². The summed E-state index contributed by atoms with van der Waals surface area (Å²) in [6, 6.07) is 0. The Balaban J connectivity index is 1.89. The van der Waals surface area contributed by atoms with E-state index in [9.17, 15) is 0 Å². The fraction of sp³-hybridized carbons (Fsp3) is 0.222. The van der Waals surface area contributed by atoms with E-state index in [1.165, 1.54) is 17.9 Å². The Kier molecular flexibility index (Phi) is 3.14. The lowest BCUT2D eigenvalue weighted by Crippen LogP contribution is -1.93. The summed E-state index contributed by atoms with van der Waals surface area (Å²) in [7, 11) is 1.85. The molecule has 0 aliphatic rings. The third kappa shape index (κ3) is 2.06. The summed E-state index contributed by atoms with van der Waals surface area (Å²) < 4.78 is 6.14. The maximum Gasteiger partial charge on any atom is 0.162 e. The maximum absolute atomic E-state index is 5.96. The van der Waals surface area contributed by atoms with Crippen molar-refractivity contribution in [3.05, 3.63) is 22.6 Å². The molecule has 3 heterocycles. The molecule has 0 aliphatic carbocycles. The lowest BCUT2D eigenvalue weighted by atomic mass is 10.4. The monoisotopic (exact) mass is 298 g/mol. The Hall–Kier alpha value is -1.25. The third-order valence-corrected chi connectivity index (χ3v) is 4.35. The van der Waals surface area contributed by atoms with Crippen molar-refractivity contribution < 1.29 is 0 Å². The van der Waals surface area contributed by atoms with Gasteiger partial charge in [-0.25, -0.2) is 9.97 Å². The van der Waals surface area contributed by atoms with Crippen LogP contribution in [0.1, 0.15) is 5.69 Å². The van der Waals surface area contributed by atoms with Crippen LogP contribution in [-0.2, 0) is 12.8 Å². The van der Waals surface area contributed by atoms with Gasteiger partial charge in [0.25, 0.3) is 0 Å². The van der Waals surface area contributed by atoms with Gasteiger partial charge in [-0.05, 0) is 0 Å². The highest BCUT2D eigenvalue weighted by atomic mass is 35.5. The minimum absolute atomic E-state index is 0.624. The van der Waals surface area contributed by atoms with Crippen molar-refractivity contribution in [1.29, 1.82) is 0 Å². The molecule has 0 saturated heterocycles. The van der Waals surface area contributed by atoms with Gasteiger partial charge in [0.2, 0.25) is 0 Å². The number of thioether (sulfide) groups is 1. The molecule has 92 valence electrons. The molecule has 0 aromatic carbocycles. The highest BCUT2D eigenvalue weighted by Crippen LogP contribution is 2.29. The number of aryl methyl sites for hydroxylation is 1. The zero-order chi connectivity index (χ0) is 12.5.